The molecule has 1 N–H and O–H groups in total. The van der Waals surface area contributed by atoms with Crippen molar-refractivity contribution in [2.45, 2.75) is 0 Å². The Morgan fingerprint density at radius 1 is 1.21 bits per heavy atom. The number of benzene rings is 2. The molecule has 0 aliphatic carbocycles. The highest BCUT2D eigenvalue weighted by molar-refractivity contribution is 9.10. The molecular formula is C17H17BrN2O4. The summed E-state index contributed by atoms with van der Waals surface area (Å²) in [5.41, 5.74) is 1.36. The minimum absolute atomic E-state index is 0.199. The lowest BCUT2D eigenvalue weighted by Crippen LogP contribution is -2.16. The van der Waals surface area contributed by atoms with Gasteiger partial charge >= 0.3 is 0 Å². The van der Waals surface area contributed by atoms with Crippen LogP contribution < -0.4 is 14.8 Å². The minimum Gasteiger partial charge on any atom is -0.497 e. The maximum absolute atomic E-state index is 11.8. The third kappa shape index (κ3) is 5.27. The number of nitrogens with zero attached hydrogens (tertiary/aromatic N) is 1. The predicted molar refractivity (Wildman–Crippen MR) is 95.9 cm³/mol. The van der Waals surface area contributed by atoms with Crippen LogP contribution in [0.3, 0.4) is 0 Å². The molecule has 2 aromatic rings. The number of oxime groups is 1. The summed E-state index contributed by atoms with van der Waals surface area (Å²) in [6, 6.07) is 12.6. The normalized spacial score (nSPS) is 10.5. The number of hydrogen-bond donors (Lipinski definition) is 1. The van der Waals surface area contributed by atoms with Gasteiger partial charge in [0, 0.05) is 15.7 Å². The largest absolute Gasteiger partial charge is 0.497 e. The average molecular weight is 393 g/mol. The molecule has 126 valence electrons. The Morgan fingerprint density at radius 3 is 2.75 bits per heavy atom. The van der Waals surface area contributed by atoms with E-state index in [9.17, 15) is 4.79 Å². The summed E-state index contributed by atoms with van der Waals surface area (Å²) < 4.78 is 11.3. The van der Waals surface area contributed by atoms with Crippen LogP contribution in [0.1, 0.15) is 5.56 Å². The third-order valence-electron chi connectivity index (χ3n) is 3.01. The van der Waals surface area contributed by atoms with Gasteiger partial charge in [0.2, 0.25) is 0 Å². The first-order valence-electron chi connectivity index (χ1n) is 7.05. The van der Waals surface area contributed by atoms with Gasteiger partial charge < -0.3 is 19.6 Å². The molecule has 24 heavy (non-hydrogen) atoms. The van der Waals surface area contributed by atoms with Gasteiger partial charge in [0.15, 0.2) is 6.61 Å². The van der Waals surface area contributed by atoms with E-state index in [0.717, 1.165) is 4.47 Å². The summed E-state index contributed by atoms with van der Waals surface area (Å²) in [6.07, 6.45) is 1.47. The van der Waals surface area contributed by atoms with E-state index in [1.807, 2.05) is 12.1 Å². The number of nitrogens with one attached hydrogen (secondary N) is 1. The van der Waals surface area contributed by atoms with Crippen LogP contribution in [0.2, 0.25) is 0 Å². The molecular weight excluding hydrogens is 376 g/mol. The van der Waals surface area contributed by atoms with Crippen molar-refractivity contribution in [2.24, 2.45) is 5.16 Å². The molecule has 0 radical (unpaired) electrons. The Labute approximate surface area is 148 Å². The lowest BCUT2D eigenvalue weighted by Gasteiger charge is -2.07. The van der Waals surface area contributed by atoms with Gasteiger partial charge in [-0.15, -0.1) is 0 Å². The summed E-state index contributed by atoms with van der Waals surface area (Å²) in [6.45, 7) is -0.199. The molecule has 0 spiro atoms. The van der Waals surface area contributed by atoms with Crippen molar-refractivity contribution in [3.63, 3.8) is 0 Å². The first kappa shape index (κ1) is 17.8. The molecule has 6 nitrogen and oxygen atoms in total. The number of anilines is 1. The van der Waals surface area contributed by atoms with E-state index in [0.29, 0.717) is 22.7 Å². The van der Waals surface area contributed by atoms with E-state index in [1.54, 1.807) is 44.6 Å². The summed E-state index contributed by atoms with van der Waals surface area (Å²) in [5.74, 6) is 0.995. The number of halogens is 1. The summed E-state index contributed by atoms with van der Waals surface area (Å²) >= 11 is 3.34. The third-order valence-corrected chi connectivity index (χ3v) is 3.50. The highest BCUT2D eigenvalue weighted by Gasteiger charge is 2.04. The van der Waals surface area contributed by atoms with Gasteiger partial charge in [-0.1, -0.05) is 27.2 Å². The van der Waals surface area contributed by atoms with Gasteiger partial charge in [0.25, 0.3) is 5.91 Å². The van der Waals surface area contributed by atoms with Crippen LogP contribution in [-0.4, -0.2) is 32.9 Å². The Bertz CT molecular complexity index is 734. The van der Waals surface area contributed by atoms with Crippen LogP contribution in [0.15, 0.2) is 52.1 Å². The summed E-state index contributed by atoms with van der Waals surface area (Å²) in [5, 5.41) is 6.50. The van der Waals surface area contributed by atoms with E-state index in [4.69, 9.17) is 14.3 Å². The summed E-state index contributed by atoms with van der Waals surface area (Å²) in [4.78, 5) is 16.8. The van der Waals surface area contributed by atoms with Crippen LogP contribution in [0, 0.1) is 0 Å². The van der Waals surface area contributed by atoms with Gasteiger partial charge in [-0.25, -0.2) is 0 Å². The molecule has 0 fully saturated rings. The van der Waals surface area contributed by atoms with Gasteiger partial charge in [-0.2, -0.15) is 0 Å². The van der Waals surface area contributed by atoms with Gasteiger partial charge in [0.1, 0.15) is 11.5 Å². The average Bonchev–Trinajstić information content (AvgIpc) is 2.58. The standard InChI is InChI=1S/C17H17BrN2O4/c1-22-15-6-7-16(23-2)12(8-15)10-19-24-11-17(21)20-14-5-3-4-13(18)9-14/h3-10H,11H2,1-2H3,(H,20,21)/b19-10-. The maximum atomic E-state index is 11.8. The first-order valence-corrected chi connectivity index (χ1v) is 7.84. The van der Waals surface area contributed by atoms with Crippen LogP contribution in [-0.2, 0) is 9.63 Å². The minimum atomic E-state index is -0.303. The fourth-order valence-corrected chi connectivity index (χ4v) is 2.29. The lowest BCUT2D eigenvalue weighted by atomic mass is 10.2. The molecule has 0 aliphatic heterocycles. The van der Waals surface area contributed by atoms with E-state index in [1.165, 1.54) is 6.21 Å². The van der Waals surface area contributed by atoms with E-state index in [-0.39, 0.29) is 12.5 Å². The van der Waals surface area contributed by atoms with Crippen LogP contribution in [0.4, 0.5) is 5.69 Å². The Kier molecular flexibility index (Phi) is 6.62. The van der Waals surface area contributed by atoms with Crippen molar-refractivity contribution in [2.75, 3.05) is 26.1 Å². The molecule has 1 amide bonds. The SMILES string of the molecule is COc1ccc(OC)c(/C=N\OCC(=O)Nc2cccc(Br)c2)c1. The van der Waals surface area contributed by atoms with Gasteiger partial charge in [0.05, 0.1) is 20.4 Å². The zero-order valence-corrected chi connectivity index (χ0v) is 14.9. The molecule has 0 bridgehead atoms. The number of carbonyl (C=O) groups is 1. The number of amides is 1. The predicted octanol–water partition coefficient (Wildman–Crippen LogP) is 3.46. The van der Waals surface area contributed by atoms with E-state index in [2.05, 4.69) is 26.4 Å². The number of ether oxygens (including phenoxy) is 2. The lowest BCUT2D eigenvalue weighted by molar-refractivity contribution is -0.120. The Hall–Kier alpha value is -2.54. The number of hydrogen-bond acceptors (Lipinski definition) is 5. The monoisotopic (exact) mass is 392 g/mol. The van der Waals surface area contributed by atoms with E-state index < -0.39 is 0 Å². The Balaban J connectivity index is 1.89. The molecule has 0 saturated heterocycles. The highest BCUT2D eigenvalue weighted by atomic mass is 79.9. The number of methoxy groups -OCH3 is 2. The number of rotatable bonds is 7. The zero-order chi connectivity index (χ0) is 17.4. The highest BCUT2D eigenvalue weighted by Crippen LogP contribution is 2.22. The molecule has 0 atom stereocenters. The maximum Gasteiger partial charge on any atom is 0.265 e. The van der Waals surface area contributed by atoms with Crippen molar-refractivity contribution in [1.29, 1.82) is 0 Å². The van der Waals surface area contributed by atoms with Crippen molar-refractivity contribution in [1.82, 2.24) is 0 Å². The summed E-state index contributed by atoms with van der Waals surface area (Å²) in [7, 11) is 3.14. The second kappa shape index (κ2) is 8.93. The fourth-order valence-electron chi connectivity index (χ4n) is 1.89. The van der Waals surface area contributed by atoms with Crippen molar-refractivity contribution < 1.29 is 19.1 Å². The molecule has 0 heterocycles. The number of carbonyl (C=O) groups excluding carboxylic acids is 1. The molecule has 0 unspecified atom stereocenters. The molecule has 2 rings (SSSR count). The van der Waals surface area contributed by atoms with Crippen molar-refractivity contribution in [3.8, 4) is 11.5 Å². The van der Waals surface area contributed by atoms with Crippen molar-refractivity contribution in [3.05, 3.63) is 52.5 Å². The van der Waals surface area contributed by atoms with E-state index >= 15 is 0 Å². The molecule has 7 heteroatoms. The van der Waals surface area contributed by atoms with Crippen LogP contribution >= 0.6 is 15.9 Å². The Morgan fingerprint density at radius 2 is 2.04 bits per heavy atom. The van der Waals surface area contributed by atoms with Crippen LogP contribution in [0.5, 0.6) is 11.5 Å². The molecule has 0 saturated carbocycles. The van der Waals surface area contributed by atoms with Crippen LogP contribution in [0.25, 0.3) is 0 Å². The molecule has 0 aliphatic rings. The van der Waals surface area contributed by atoms with Gasteiger partial charge in [-0.05, 0) is 36.4 Å². The van der Waals surface area contributed by atoms with Crippen molar-refractivity contribution >= 4 is 33.7 Å². The second-order valence-electron chi connectivity index (χ2n) is 4.67. The first-order chi connectivity index (χ1) is 11.6. The fraction of sp³-hybridized carbons (Fsp3) is 0.176. The molecule has 0 aromatic heterocycles. The zero-order valence-electron chi connectivity index (χ0n) is 13.3. The second-order valence-corrected chi connectivity index (χ2v) is 5.59. The quantitative estimate of drug-likeness (QED) is 0.578. The smallest absolute Gasteiger partial charge is 0.265 e. The van der Waals surface area contributed by atoms with Gasteiger partial charge in [-0.3, -0.25) is 4.79 Å². The molecule has 2 aromatic carbocycles. The topological polar surface area (TPSA) is 69.1 Å².